The van der Waals surface area contributed by atoms with Crippen molar-refractivity contribution in [1.29, 1.82) is 0 Å². The standard InChI is InChI=1S/C19H16ClFN2O3/c1-11-17(18(26-23-11)14-8-4-6-10-16(14)21)22-19(24)25-12(2)13-7-3-5-9-15(13)20/h3-10,12H,1-2H3,(H,22,24). The monoisotopic (exact) mass is 374 g/mol. The number of halogens is 2. The van der Waals surface area contributed by atoms with E-state index in [4.69, 9.17) is 20.9 Å². The molecule has 2 aromatic carbocycles. The van der Waals surface area contributed by atoms with Crippen molar-refractivity contribution in [2.24, 2.45) is 0 Å². The molecule has 3 aromatic rings. The van der Waals surface area contributed by atoms with Crippen LogP contribution in [0.5, 0.6) is 0 Å². The van der Waals surface area contributed by atoms with Gasteiger partial charge in [0, 0.05) is 10.6 Å². The van der Waals surface area contributed by atoms with Crippen LogP contribution >= 0.6 is 11.6 Å². The summed E-state index contributed by atoms with van der Waals surface area (Å²) >= 11 is 6.11. The minimum Gasteiger partial charge on any atom is -0.441 e. The number of aryl methyl sites for hydroxylation is 1. The maximum Gasteiger partial charge on any atom is 0.412 e. The molecule has 0 aliphatic rings. The van der Waals surface area contributed by atoms with Gasteiger partial charge in [0.25, 0.3) is 0 Å². The minimum absolute atomic E-state index is 0.128. The second-order valence-electron chi connectivity index (χ2n) is 5.65. The first-order valence-corrected chi connectivity index (χ1v) is 8.28. The van der Waals surface area contributed by atoms with Crippen molar-refractivity contribution in [2.45, 2.75) is 20.0 Å². The van der Waals surface area contributed by atoms with E-state index in [1.807, 2.05) is 0 Å². The van der Waals surface area contributed by atoms with Crippen LogP contribution in [0.15, 0.2) is 53.1 Å². The molecule has 26 heavy (non-hydrogen) atoms. The summed E-state index contributed by atoms with van der Waals surface area (Å²) in [6.45, 7) is 3.35. The molecule has 0 spiro atoms. The Labute approximate surface area is 154 Å². The van der Waals surface area contributed by atoms with Crippen molar-refractivity contribution in [1.82, 2.24) is 5.16 Å². The highest BCUT2D eigenvalue weighted by Gasteiger charge is 2.22. The van der Waals surface area contributed by atoms with E-state index in [1.165, 1.54) is 12.1 Å². The predicted molar refractivity (Wildman–Crippen MR) is 96.6 cm³/mol. The van der Waals surface area contributed by atoms with Gasteiger partial charge in [0.1, 0.15) is 23.3 Å². The van der Waals surface area contributed by atoms with Crippen LogP contribution in [0.1, 0.15) is 24.3 Å². The van der Waals surface area contributed by atoms with E-state index in [2.05, 4.69) is 10.5 Å². The number of ether oxygens (including phenoxy) is 1. The first-order chi connectivity index (χ1) is 12.5. The van der Waals surface area contributed by atoms with E-state index < -0.39 is 18.0 Å². The lowest BCUT2D eigenvalue weighted by atomic mass is 10.1. The molecule has 5 nitrogen and oxygen atoms in total. The third-order valence-corrected chi connectivity index (χ3v) is 4.18. The average molecular weight is 375 g/mol. The van der Waals surface area contributed by atoms with Gasteiger partial charge in [-0.2, -0.15) is 0 Å². The number of amides is 1. The molecule has 1 heterocycles. The highest BCUT2D eigenvalue weighted by molar-refractivity contribution is 6.31. The summed E-state index contributed by atoms with van der Waals surface area (Å²) in [7, 11) is 0. The Kier molecular flexibility index (Phi) is 5.23. The lowest BCUT2D eigenvalue weighted by Crippen LogP contribution is -2.17. The number of carbonyl (C=O) groups is 1. The molecule has 0 aliphatic heterocycles. The maximum absolute atomic E-state index is 14.0. The van der Waals surface area contributed by atoms with Crippen molar-refractivity contribution < 1.29 is 18.4 Å². The summed E-state index contributed by atoms with van der Waals surface area (Å²) < 4.78 is 24.6. The molecule has 1 atom stereocenters. The molecular weight excluding hydrogens is 359 g/mol. The Morgan fingerprint density at radius 3 is 2.65 bits per heavy atom. The molecule has 7 heteroatoms. The summed E-state index contributed by atoms with van der Waals surface area (Å²) in [6, 6.07) is 13.2. The zero-order chi connectivity index (χ0) is 18.7. The second kappa shape index (κ2) is 7.58. The van der Waals surface area contributed by atoms with Gasteiger partial charge in [-0.25, -0.2) is 9.18 Å². The number of nitrogens with one attached hydrogen (secondary N) is 1. The summed E-state index contributed by atoms with van der Waals surface area (Å²) in [6.07, 6.45) is -1.29. The molecule has 0 fully saturated rings. The molecule has 1 unspecified atom stereocenters. The summed E-state index contributed by atoms with van der Waals surface area (Å²) in [5, 5.41) is 6.88. The van der Waals surface area contributed by atoms with E-state index in [1.54, 1.807) is 50.2 Å². The second-order valence-corrected chi connectivity index (χ2v) is 6.05. The quantitative estimate of drug-likeness (QED) is 0.631. The fourth-order valence-electron chi connectivity index (χ4n) is 2.51. The van der Waals surface area contributed by atoms with Crippen LogP contribution in [0.4, 0.5) is 14.9 Å². The highest BCUT2D eigenvalue weighted by Crippen LogP contribution is 2.33. The van der Waals surface area contributed by atoms with Crippen LogP contribution in [0.2, 0.25) is 5.02 Å². The van der Waals surface area contributed by atoms with Gasteiger partial charge < -0.3 is 9.26 Å². The Balaban J connectivity index is 1.79. The van der Waals surface area contributed by atoms with Crippen LogP contribution in [0.25, 0.3) is 11.3 Å². The highest BCUT2D eigenvalue weighted by atomic mass is 35.5. The number of anilines is 1. The lowest BCUT2D eigenvalue weighted by molar-refractivity contribution is 0.121. The molecule has 3 rings (SSSR count). The smallest absolute Gasteiger partial charge is 0.412 e. The molecule has 1 N–H and O–H groups in total. The molecule has 134 valence electrons. The Hall–Kier alpha value is -2.86. The van der Waals surface area contributed by atoms with Crippen molar-refractivity contribution in [2.75, 3.05) is 5.32 Å². The summed E-state index contributed by atoms with van der Waals surface area (Å²) in [5.41, 5.74) is 1.54. The van der Waals surface area contributed by atoms with E-state index in [0.717, 1.165) is 0 Å². The third-order valence-electron chi connectivity index (χ3n) is 3.84. The Bertz CT molecular complexity index is 942. The third kappa shape index (κ3) is 3.70. The van der Waals surface area contributed by atoms with Gasteiger partial charge in [0.05, 0.1) is 5.56 Å². The molecule has 0 aliphatic carbocycles. The number of carbonyl (C=O) groups excluding carboxylic acids is 1. The van der Waals surface area contributed by atoms with Gasteiger partial charge in [-0.3, -0.25) is 5.32 Å². The van der Waals surface area contributed by atoms with Crippen LogP contribution < -0.4 is 5.32 Å². The first-order valence-electron chi connectivity index (χ1n) is 7.90. The molecule has 0 bridgehead atoms. The zero-order valence-corrected chi connectivity index (χ0v) is 14.9. The first kappa shape index (κ1) is 17.9. The molecule has 1 aromatic heterocycles. The van der Waals surface area contributed by atoms with Crippen molar-refractivity contribution in [3.8, 4) is 11.3 Å². The number of nitrogens with zero attached hydrogens (tertiary/aromatic N) is 1. The van der Waals surface area contributed by atoms with Gasteiger partial charge in [-0.05, 0) is 32.0 Å². The fourth-order valence-corrected chi connectivity index (χ4v) is 2.80. The molecule has 0 saturated carbocycles. The summed E-state index contributed by atoms with van der Waals surface area (Å²) in [5.74, 6) is -0.354. The van der Waals surface area contributed by atoms with E-state index >= 15 is 0 Å². The summed E-state index contributed by atoms with van der Waals surface area (Å²) in [4.78, 5) is 12.3. The number of hydrogen-bond acceptors (Lipinski definition) is 4. The van der Waals surface area contributed by atoms with Gasteiger partial charge >= 0.3 is 6.09 Å². The Morgan fingerprint density at radius 1 is 1.23 bits per heavy atom. The fraction of sp³-hybridized carbons (Fsp3) is 0.158. The zero-order valence-electron chi connectivity index (χ0n) is 14.1. The minimum atomic E-state index is -0.721. The molecule has 0 saturated heterocycles. The van der Waals surface area contributed by atoms with Gasteiger partial charge in [-0.1, -0.05) is 47.1 Å². The molecule has 0 radical (unpaired) electrons. The number of rotatable bonds is 4. The lowest BCUT2D eigenvalue weighted by Gasteiger charge is -2.15. The van der Waals surface area contributed by atoms with Crippen LogP contribution in [-0.4, -0.2) is 11.2 Å². The van der Waals surface area contributed by atoms with Gasteiger partial charge in [0.2, 0.25) is 0 Å². The van der Waals surface area contributed by atoms with E-state index in [-0.39, 0.29) is 17.0 Å². The topological polar surface area (TPSA) is 64.4 Å². The Morgan fingerprint density at radius 2 is 1.92 bits per heavy atom. The van der Waals surface area contributed by atoms with Crippen molar-refractivity contribution in [3.05, 3.63) is 70.6 Å². The van der Waals surface area contributed by atoms with Crippen LogP contribution in [0.3, 0.4) is 0 Å². The normalized spacial score (nSPS) is 11.8. The molecular formula is C19H16ClFN2O3. The average Bonchev–Trinajstić information content (AvgIpc) is 2.96. The SMILES string of the molecule is Cc1noc(-c2ccccc2F)c1NC(=O)OC(C)c1ccccc1Cl. The van der Waals surface area contributed by atoms with Crippen molar-refractivity contribution >= 4 is 23.4 Å². The van der Waals surface area contributed by atoms with Crippen LogP contribution in [-0.2, 0) is 4.74 Å². The van der Waals surface area contributed by atoms with E-state index in [0.29, 0.717) is 16.3 Å². The van der Waals surface area contributed by atoms with Crippen molar-refractivity contribution in [3.63, 3.8) is 0 Å². The predicted octanol–water partition coefficient (Wildman–Crippen LogP) is 5.75. The number of benzene rings is 2. The molecule has 1 amide bonds. The number of hydrogen-bond donors (Lipinski definition) is 1. The number of aromatic nitrogens is 1. The van der Waals surface area contributed by atoms with Gasteiger partial charge in [0.15, 0.2) is 5.76 Å². The van der Waals surface area contributed by atoms with Crippen LogP contribution in [0, 0.1) is 12.7 Å². The van der Waals surface area contributed by atoms with Gasteiger partial charge in [-0.15, -0.1) is 0 Å². The largest absolute Gasteiger partial charge is 0.441 e. The van der Waals surface area contributed by atoms with E-state index in [9.17, 15) is 9.18 Å². The maximum atomic E-state index is 14.0.